The van der Waals surface area contributed by atoms with Crippen LogP contribution in [0, 0.1) is 0 Å². The molecule has 0 spiro atoms. The van der Waals surface area contributed by atoms with E-state index in [9.17, 15) is 0 Å². The number of nitrogens with zero attached hydrogens (tertiary/aromatic N) is 4. The van der Waals surface area contributed by atoms with Gasteiger partial charge in [0, 0.05) is 18.0 Å². The Balaban J connectivity index is 1.96. The summed E-state index contributed by atoms with van der Waals surface area (Å²) in [4.78, 5) is 3.53. The Morgan fingerprint density at radius 2 is 2.37 bits per heavy atom. The van der Waals surface area contributed by atoms with Gasteiger partial charge in [0.05, 0.1) is 11.8 Å². The van der Waals surface area contributed by atoms with E-state index in [0.717, 1.165) is 19.5 Å². The Morgan fingerprint density at radius 1 is 1.47 bits per heavy atom. The molecular formula is C12H13N5OS. The van der Waals surface area contributed by atoms with Gasteiger partial charge in [-0.2, -0.15) is 5.10 Å². The minimum absolute atomic E-state index is 0.0565. The summed E-state index contributed by atoms with van der Waals surface area (Å²) in [5.41, 5.74) is 7.60. The molecule has 1 aliphatic rings. The summed E-state index contributed by atoms with van der Waals surface area (Å²) in [5, 5.41) is 22.0. The molecule has 19 heavy (non-hydrogen) atoms. The number of nitrogens with two attached hydrogens (primary N) is 1. The molecule has 3 N–H and O–H groups in total. The van der Waals surface area contributed by atoms with Crippen molar-refractivity contribution in [3.63, 3.8) is 0 Å². The lowest BCUT2D eigenvalue weighted by Crippen LogP contribution is -2.32. The quantitative estimate of drug-likeness (QED) is 0.372. The van der Waals surface area contributed by atoms with Gasteiger partial charge in [0.15, 0.2) is 11.7 Å². The van der Waals surface area contributed by atoms with Crippen molar-refractivity contribution in [2.45, 2.75) is 13.0 Å². The smallest absolute Gasteiger partial charge is 0.173 e. The Kier molecular flexibility index (Phi) is 3.04. The number of hydrogen-bond acceptors (Lipinski definition) is 6. The second-order valence-corrected chi connectivity index (χ2v) is 5.29. The van der Waals surface area contributed by atoms with Gasteiger partial charge in [-0.15, -0.1) is 16.4 Å². The van der Waals surface area contributed by atoms with Crippen molar-refractivity contribution in [1.29, 1.82) is 0 Å². The zero-order chi connectivity index (χ0) is 13.2. The normalized spacial score (nSPS) is 15.4. The zero-order valence-corrected chi connectivity index (χ0v) is 11.0. The number of amidine groups is 1. The van der Waals surface area contributed by atoms with E-state index in [-0.39, 0.29) is 5.84 Å². The first-order valence-electron chi connectivity index (χ1n) is 5.89. The van der Waals surface area contributed by atoms with Crippen LogP contribution in [0.5, 0.6) is 0 Å². The van der Waals surface area contributed by atoms with Gasteiger partial charge >= 0.3 is 0 Å². The van der Waals surface area contributed by atoms with Crippen LogP contribution in [0.2, 0.25) is 0 Å². The average Bonchev–Trinajstić information content (AvgIpc) is 2.93. The second kappa shape index (κ2) is 4.85. The minimum Gasteiger partial charge on any atom is -0.409 e. The van der Waals surface area contributed by atoms with Gasteiger partial charge < -0.3 is 15.8 Å². The van der Waals surface area contributed by atoms with Crippen molar-refractivity contribution < 1.29 is 5.21 Å². The standard InChI is InChI=1S/C12H13N5OS/c13-11(16-18)9-1-4-14-15-12(9)17-5-2-10-8(7-17)3-6-19-10/h1,3-4,6,18H,2,5,7H2,(H2,13,16). The third-order valence-corrected chi connectivity index (χ3v) is 4.22. The molecule has 0 aromatic carbocycles. The molecule has 0 atom stereocenters. The van der Waals surface area contributed by atoms with Gasteiger partial charge in [-0.05, 0) is 29.5 Å². The van der Waals surface area contributed by atoms with Gasteiger partial charge in [-0.25, -0.2) is 0 Å². The van der Waals surface area contributed by atoms with E-state index in [1.165, 1.54) is 16.6 Å². The van der Waals surface area contributed by atoms with Crippen LogP contribution in [-0.2, 0) is 13.0 Å². The molecule has 6 nitrogen and oxygen atoms in total. The molecule has 0 fully saturated rings. The summed E-state index contributed by atoms with van der Waals surface area (Å²) < 4.78 is 0. The van der Waals surface area contributed by atoms with Gasteiger partial charge in [-0.1, -0.05) is 5.16 Å². The Labute approximate surface area is 114 Å². The highest BCUT2D eigenvalue weighted by Crippen LogP contribution is 2.28. The molecule has 2 aromatic heterocycles. The number of fused-ring (bicyclic) bond motifs is 1. The summed E-state index contributed by atoms with van der Waals surface area (Å²) in [5.74, 6) is 0.718. The van der Waals surface area contributed by atoms with E-state index in [1.54, 1.807) is 17.4 Å². The van der Waals surface area contributed by atoms with E-state index in [4.69, 9.17) is 10.9 Å². The Morgan fingerprint density at radius 3 is 3.21 bits per heavy atom. The van der Waals surface area contributed by atoms with E-state index >= 15 is 0 Å². The molecule has 0 saturated heterocycles. The highest BCUT2D eigenvalue weighted by atomic mass is 32.1. The lowest BCUT2D eigenvalue weighted by Gasteiger charge is -2.28. The first kappa shape index (κ1) is 11.9. The van der Waals surface area contributed by atoms with Crippen LogP contribution in [-0.4, -0.2) is 27.8 Å². The van der Waals surface area contributed by atoms with Crippen molar-refractivity contribution in [1.82, 2.24) is 10.2 Å². The van der Waals surface area contributed by atoms with Crippen LogP contribution in [0.3, 0.4) is 0 Å². The summed E-state index contributed by atoms with van der Waals surface area (Å²) in [7, 11) is 0. The minimum atomic E-state index is 0.0565. The maximum Gasteiger partial charge on any atom is 0.173 e. The fourth-order valence-electron chi connectivity index (χ4n) is 2.24. The third-order valence-electron chi connectivity index (χ3n) is 3.19. The number of aromatic nitrogens is 2. The molecule has 0 bridgehead atoms. The van der Waals surface area contributed by atoms with Crippen LogP contribution in [0.4, 0.5) is 5.82 Å². The van der Waals surface area contributed by atoms with E-state index in [2.05, 4.69) is 31.7 Å². The summed E-state index contributed by atoms with van der Waals surface area (Å²) in [6.07, 6.45) is 2.52. The fraction of sp³-hybridized carbons (Fsp3) is 0.250. The second-order valence-electron chi connectivity index (χ2n) is 4.29. The number of thiophene rings is 1. The molecule has 3 heterocycles. The van der Waals surface area contributed by atoms with Crippen molar-refractivity contribution in [2.75, 3.05) is 11.4 Å². The predicted molar refractivity (Wildman–Crippen MR) is 73.6 cm³/mol. The van der Waals surface area contributed by atoms with Crippen LogP contribution in [0.25, 0.3) is 0 Å². The number of rotatable bonds is 2. The summed E-state index contributed by atoms with van der Waals surface area (Å²) >= 11 is 1.79. The van der Waals surface area contributed by atoms with Crippen LogP contribution in [0.15, 0.2) is 28.9 Å². The van der Waals surface area contributed by atoms with Gasteiger partial charge in [0.25, 0.3) is 0 Å². The summed E-state index contributed by atoms with van der Waals surface area (Å²) in [6, 6.07) is 3.84. The molecule has 0 amide bonds. The highest BCUT2D eigenvalue weighted by molar-refractivity contribution is 7.10. The van der Waals surface area contributed by atoms with Crippen molar-refractivity contribution in [2.24, 2.45) is 10.9 Å². The monoisotopic (exact) mass is 275 g/mol. The van der Waals surface area contributed by atoms with Gasteiger partial charge in [-0.3, -0.25) is 0 Å². The van der Waals surface area contributed by atoms with Crippen LogP contribution in [0.1, 0.15) is 16.0 Å². The topological polar surface area (TPSA) is 87.6 Å². The maximum absolute atomic E-state index is 8.83. The molecule has 98 valence electrons. The van der Waals surface area contributed by atoms with E-state index in [0.29, 0.717) is 11.4 Å². The van der Waals surface area contributed by atoms with Gasteiger partial charge in [0.1, 0.15) is 0 Å². The summed E-state index contributed by atoms with van der Waals surface area (Å²) in [6.45, 7) is 1.64. The maximum atomic E-state index is 8.83. The first-order valence-corrected chi connectivity index (χ1v) is 6.77. The molecule has 0 unspecified atom stereocenters. The number of oxime groups is 1. The molecule has 0 saturated carbocycles. The van der Waals surface area contributed by atoms with Crippen molar-refractivity contribution >= 4 is 23.0 Å². The van der Waals surface area contributed by atoms with E-state index < -0.39 is 0 Å². The lowest BCUT2D eigenvalue weighted by atomic mass is 10.1. The molecule has 0 radical (unpaired) electrons. The van der Waals surface area contributed by atoms with Crippen LogP contribution >= 0.6 is 11.3 Å². The Hall–Kier alpha value is -2.15. The molecule has 3 rings (SSSR count). The van der Waals surface area contributed by atoms with Crippen LogP contribution < -0.4 is 10.6 Å². The molecule has 7 heteroatoms. The third kappa shape index (κ3) is 2.12. The van der Waals surface area contributed by atoms with E-state index in [1.807, 2.05) is 0 Å². The number of hydrogen-bond donors (Lipinski definition) is 2. The Bertz CT molecular complexity index is 624. The predicted octanol–water partition coefficient (Wildman–Crippen LogP) is 1.20. The number of anilines is 1. The zero-order valence-electron chi connectivity index (χ0n) is 10.2. The SMILES string of the molecule is N/C(=N/O)c1ccnnc1N1CCc2sccc2C1. The van der Waals surface area contributed by atoms with Crippen molar-refractivity contribution in [3.05, 3.63) is 39.7 Å². The molecule has 2 aromatic rings. The molecule has 0 aliphatic carbocycles. The fourth-order valence-corrected chi connectivity index (χ4v) is 3.13. The molecular weight excluding hydrogens is 262 g/mol. The first-order chi connectivity index (χ1) is 9.29. The highest BCUT2D eigenvalue weighted by Gasteiger charge is 2.22. The average molecular weight is 275 g/mol. The van der Waals surface area contributed by atoms with Crippen molar-refractivity contribution in [3.8, 4) is 0 Å². The van der Waals surface area contributed by atoms with Gasteiger partial charge in [0.2, 0.25) is 0 Å². The lowest BCUT2D eigenvalue weighted by molar-refractivity contribution is 0.318. The largest absolute Gasteiger partial charge is 0.409 e. The molecule has 1 aliphatic heterocycles.